The molecule has 0 aromatic carbocycles. The molecule has 1 heterocycles. The van der Waals surface area contributed by atoms with Gasteiger partial charge in [-0.05, 0) is 24.2 Å². The monoisotopic (exact) mass is 184 g/mol. The largest absolute Gasteiger partial charge is 0.131 e. The molecule has 0 saturated carbocycles. The lowest BCUT2D eigenvalue weighted by molar-refractivity contribution is 0.636. The molecule has 0 spiro atoms. The van der Waals surface area contributed by atoms with E-state index in [1.54, 1.807) is 4.91 Å². The minimum atomic E-state index is 1.31. The van der Waals surface area contributed by atoms with E-state index in [-0.39, 0.29) is 0 Å². The van der Waals surface area contributed by atoms with Crippen LogP contribution in [0.1, 0.15) is 51.9 Å². The van der Waals surface area contributed by atoms with Crippen LogP contribution in [0.3, 0.4) is 0 Å². The van der Waals surface area contributed by atoms with Gasteiger partial charge in [0.2, 0.25) is 0 Å². The molecule has 0 bridgehead atoms. The second-order valence-corrected chi connectivity index (χ2v) is 4.69. The van der Waals surface area contributed by atoms with Crippen molar-refractivity contribution < 1.29 is 0 Å². The predicted octanol–water partition coefficient (Wildman–Crippen LogP) is 4.37. The summed E-state index contributed by atoms with van der Waals surface area (Å²) in [6.07, 6.45) is 12.2. The summed E-state index contributed by atoms with van der Waals surface area (Å²) in [5.74, 6) is 1.34. The zero-order chi connectivity index (χ0) is 8.65. The van der Waals surface area contributed by atoms with Crippen molar-refractivity contribution in [3.05, 3.63) is 11.0 Å². The summed E-state index contributed by atoms with van der Waals surface area (Å²) in [5, 5.41) is 0. The van der Waals surface area contributed by atoms with E-state index >= 15 is 0 Å². The molecular weight excluding hydrogens is 164 g/mol. The zero-order valence-corrected chi connectivity index (χ0v) is 8.96. The van der Waals surface area contributed by atoms with Crippen LogP contribution >= 0.6 is 11.8 Å². The van der Waals surface area contributed by atoms with Crippen LogP contribution in [0.2, 0.25) is 0 Å². The molecule has 1 aliphatic rings. The highest BCUT2D eigenvalue weighted by Gasteiger charge is 2.03. The van der Waals surface area contributed by atoms with Gasteiger partial charge < -0.3 is 0 Å². The maximum absolute atomic E-state index is 2.42. The third kappa shape index (κ3) is 4.20. The Morgan fingerprint density at radius 3 is 2.75 bits per heavy atom. The first-order valence-corrected chi connectivity index (χ1v) is 6.24. The molecular formula is C11H20S. The molecule has 0 atom stereocenters. The smallest absolute Gasteiger partial charge is 0.00117 e. The van der Waals surface area contributed by atoms with Gasteiger partial charge in [-0.15, -0.1) is 11.8 Å². The summed E-state index contributed by atoms with van der Waals surface area (Å²) in [6.45, 7) is 2.27. The molecule has 0 nitrogen and oxygen atoms in total. The molecule has 0 aromatic rings. The fourth-order valence-corrected chi connectivity index (χ4v) is 2.57. The van der Waals surface area contributed by atoms with Crippen molar-refractivity contribution in [2.75, 3.05) is 5.75 Å². The number of allylic oxidation sites excluding steroid dienone is 2. The van der Waals surface area contributed by atoms with Crippen LogP contribution in [0.4, 0.5) is 0 Å². The van der Waals surface area contributed by atoms with Crippen LogP contribution < -0.4 is 0 Å². The van der Waals surface area contributed by atoms with Crippen LogP contribution in [0, 0.1) is 0 Å². The Bertz CT molecular complexity index is 138. The first-order valence-electron chi connectivity index (χ1n) is 5.25. The third-order valence-corrected chi connectivity index (χ3v) is 3.49. The van der Waals surface area contributed by atoms with Gasteiger partial charge in [0.15, 0.2) is 0 Å². The lowest BCUT2D eigenvalue weighted by Crippen LogP contribution is -1.78. The van der Waals surface area contributed by atoms with E-state index in [9.17, 15) is 0 Å². The topological polar surface area (TPSA) is 0 Å². The second-order valence-electron chi connectivity index (χ2n) is 3.47. The van der Waals surface area contributed by atoms with Crippen molar-refractivity contribution in [3.8, 4) is 0 Å². The van der Waals surface area contributed by atoms with Gasteiger partial charge in [0.1, 0.15) is 0 Å². The van der Waals surface area contributed by atoms with Crippen molar-refractivity contribution in [2.45, 2.75) is 51.9 Å². The second kappa shape index (κ2) is 6.59. The highest BCUT2D eigenvalue weighted by atomic mass is 32.2. The summed E-state index contributed by atoms with van der Waals surface area (Å²) in [4.78, 5) is 1.66. The van der Waals surface area contributed by atoms with Crippen LogP contribution in [0.5, 0.6) is 0 Å². The molecule has 0 aliphatic carbocycles. The van der Waals surface area contributed by atoms with Gasteiger partial charge in [-0.25, -0.2) is 0 Å². The van der Waals surface area contributed by atoms with E-state index in [1.807, 2.05) is 0 Å². The summed E-state index contributed by atoms with van der Waals surface area (Å²) in [5.41, 5.74) is 0. The van der Waals surface area contributed by atoms with E-state index in [1.165, 1.54) is 50.7 Å². The highest BCUT2D eigenvalue weighted by Crippen LogP contribution is 2.29. The minimum absolute atomic E-state index is 1.31. The Balaban J connectivity index is 1.88. The molecule has 0 N–H and O–H groups in total. The molecule has 0 radical (unpaired) electrons. The molecule has 70 valence electrons. The first kappa shape index (κ1) is 10.2. The third-order valence-electron chi connectivity index (χ3n) is 2.30. The zero-order valence-electron chi connectivity index (χ0n) is 8.14. The summed E-state index contributed by atoms with van der Waals surface area (Å²) in [7, 11) is 0. The van der Waals surface area contributed by atoms with Crippen molar-refractivity contribution in [1.29, 1.82) is 0 Å². The number of unbranched alkanes of at least 4 members (excludes halogenated alkanes) is 4. The number of rotatable bonds is 6. The Morgan fingerprint density at radius 1 is 1.25 bits per heavy atom. The van der Waals surface area contributed by atoms with Crippen molar-refractivity contribution in [2.24, 2.45) is 0 Å². The van der Waals surface area contributed by atoms with Crippen molar-refractivity contribution in [1.82, 2.24) is 0 Å². The van der Waals surface area contributed by atoms with Gasteiger partial charge in [0.05, 0.1) is 0 Å². The van der Waals surface area contributed by atoms with Crippen LogP contribution in [-0.4, -0.2) is 5.75 Å². The van der Waals surface area contributed by atoms with Gasteiger partial charge in [-0.3, -0.25) is 0 Å². The molecule has 0 unspecified atom stereocenters. The van der Waals surface area contributed by atoms with Gasteiger partial charge in [0.25, 0.3) is 0 Å². The van der Waals surface area contributed by atoms with Crippen LogP contribution in [0.25, 0.3) is 0 Å². The summed E-state index contributed by atoms with van der Waals surface area (Å²) >= 11 is 2.07. The molecule has 0 saturated heterocycles. The van der Waals surface area contributed by atoms with Gasteiger partial charge in [-0.2, -0.15) is 0 Å². The summed E-state index contributed by atoms with van der Waals surface area (Å²) in [6, 6.07) is 0. The Kier molecular flexibility index (Phi) is 5.59. The standard InChI is InChI=1S/C11H20S/c1-2-3-4-5-6-8-11-9-7-10-12-11/h9H,2-8,10H2,1H3. The Hall–Kier alpha value is 0.0900. The molecule has 0 fully saturated rings. The Labute approximate surface area is 80.8 Å². The molecule has 0 aromatic heterocycles. The van der Waals surface area contributed by atoms with Crippen LogP contribution in [0.15, 0.2) is 11.0 Å². The first-order chi connectivity index (χ1) is 5.93. The quantitative estimate of drug-likeness (QED) is 0.552. The van der Waals surface area contributed by atoms with Gasteiger partial charge >= 0.3 is 0 Å². The Morgan fingerprint density at radius 2 is 2.08 bits per heavy atom. The minimum Gasteiger partial charge on any atom is -0.131 e. The molecule has 12 heavy (non-hydrogen) atoms. The molecule has 1 rings (SSSR count). The molecule has 1 aliphatic heterocycles. The van der Waals surface area contributed by atoms with E-state index in [0.29, 0.717) is 0 Å². The number of thioether (sulfide) groups is 1. The van der Waals surface area contributed by atoms with Crippen molar-refractivity contribution >= 4 is 11.8 Å². The van der Waals surface area contributed by atoms with Gasteiger partial charge in [-0.1, -0.05) is 38.7 Å². The average molecular weight is 184 g/mol. The number of hydrogen-bond acceptors (Lipinski definition) is 1. The fourth-order valence-electron chi connectivity index (χ4n) is 1.55. The van der Waals surface area contributed by atoms with E-state index < -0.39 is 0 Å². The maximum Gasteiger partial charge on any atom is 0.00117 e. The molecule has 1 heteroatoms. The SMILES string of the molecule is CCCCCCCC1=CCCS1. The number of hydrogen-bond donors (Lipinski definition) is 0. The average Bonchev–Trinajstić information content (AvgIpc) is 2.57. The van der Waals surface area contributed by atoms with E-state index in [2.05, 4.69) is 24.8 Å². The van der Waals surface area contributed by atoms with Crippen molar-refractivity contribution in [3.63, 3.8) is 0 Å². The summed E-state index contributed by atoms with van der Waals surface area (Å²) < 4.78 is 0. The fraction of sp³-hybridized carbons (Fsp3) is 0.818. The van der Waals surface area contributed by atoms with Crippen LogP contribution in [-0.2, 0) is 0 Å². The van der Waals surface area contributed by atoms with E-state index in [4.69, 9.17) is 0 Å². The molecule has 0 amide bonds. The lowest BCUT2D eigenvalue weighted by atomic mass is 10.1. The highest BCUT2D eigenvalue weighted by molar-refractivity contribution is 8.03. The maximum atomic E-state index is 2.42. The lowest BCUT2D eigenvalue weighted by Gasteiger charge is -2.00. The normalized spacial score (nSPS) is 16.6. The van der Waals surface area contributed by atoms with Gasteiger partial charge in [0, 0.05) is 5.75 Å². The predicted molar refractivity (Wildman–Crippen MR) is 58.5 cm³/mol. The van der Waals surface area contributed by atoms with E-state index in [0.717, 1.165) is 0 Å².